The van der Waals surface area contributed by atoms with Crippen molar-refractivity contribution >= 4 is 49.6 Å². The van der Waals surface area contributed by atoms with E-state index in [-0.39, 0.29) is 0 Å². The van der Waals surface area contributed by atoms with Crippen molar-refractivity contribution in [2.75, 3.05) is 4.90 Å². The molecule has 0 bridgehead atoms. The van der Waals surface area contributed by atoms with Crippen LogP contribution in [0.4, 0.5) is 17.1 Å². The van der Waals surface area contributed by atoms with Crippen LogP contribution in [-0.4, -0.2) is 4.57 Å². The van der Waals surface area contributed by atoms with Gasteiger partial charge in [0.25, 0.3) is 0 Å². The highest BCUT2D eigenvalue weighted by atomic mass is 15.1. The molecule has 0 amide bonds. The smallest absolute Gasteiger partial charge is 0.0729 e. The van der Waals surface area contributed by atoms with Crippen LogP contribution in [0.15, 0.2) is 200 Å². The van der Waals surface area contributed by atoms with E-state index in [1.807, 2.05) is 0 Å². The highest BCUT2D eigenvalue weighted by Gasteiger charge is 2.51. The van der Waals surface area contributed by atoms with Crippen molar-refractivity contribution in [1.29, 1.82) is 0 Å². The van der Waals surface area contributed by atoms with Gasteiger partial charge < -0.3 is 9.47 Å². The van der Waals surface area contributed by atoms with E-state index >= 15 is 0 Å². The average molecular weight is 781 g/mol. The van der Waals surface area contributed by atoms with Crippen LogP contribution in [0.2, 0.25) is 0 Å². The molecule has 10 aromatic rings. The summed E-state index contributed by atoms with van der Waals surface area (Å²) < 4.78 is 2.43. The second-order valence-corrected chi connectivity index (χ2v) is 17.4. The third kappa shape index (κ3) is 4.91. The zero-order valence-corrected chi connectivity index (χ0v) is 34.1. The fourth-order valence-corrected chi connectivity index (χ4v) is 11.9. The third-order valence-corrected chi connectivity index (χ3v) is 14.3. The van der Waals surface area contributed by atoms with E-state index in [2.05, 4.69) is 210 Å². The quantitative estimate of drug-likeness (QED) is 0.169. The van der Waals surface area contributed by atoms with Crippen LogP contribution in [0, 0.1) is 0 Å². The highest BCUT2D eigenvalue weighted by molar-refractivity contribution is 6.11. The second kappa shape index (κ2) is 13.4. The minimum Gasteiger partial charge on any atom is -0.310 e. The Bertz CT molecular complexity index is 3350. The zero-order valence-electron chi connectivity index (χ0n) is 34.1. The van der Waals surface area contributed by atoms with Crippen LogP contribution in [0.5, 0.6) is 0 Å². The summed E-state index contributed by atoms with van der Waals surface area (Å²) in [5.74, 6) is 0.534. The molecule has 3 aliphatic rings. The Hall–Kier alpha value is -7.16. The molecule has 1 heterocycles. The number of hydrogen-bond donors (Lipinski definition) is 0. The summed E-state index contributed by atoms with van der Waals surface area (Å²) in [6.07, 6.45) is 6.42. The maximum atomic E-state index is 2.56. The van der Waals surface area contributed by atoms with Gasteiger partial charge in [0.05, 0.1) is 16.4 Å². The number of anilines is 3. The first-order valence-electron chi connectivity index (χ1n) is 22.1. The van der Waals surface area contributed by atoms with E-state index in [4.69, 9.17) is 0 Å². The van der Waals surface area contributed by atoms with Crippen molar-refractivity contribution < 1.29 is 0 Å². The lowest BCUT2D eigenvalue weighted by Gasteiger charge is -2.43. The van der Waals surface area contributed by atoms with Crippen LogP contribution in [0.25, 0.3) is 60.5 Å². The van der Waals surface area contributed by atoms with E-state index in [1.54, 1.807) is 5.56 Å². The molecule has 0 N–H and O–H groups in total. The Morgan fingerprint density at radius 2 is 1.05 bits per heavy atom. The van der Waals surface area contributed by atoms with Gasteiger partial charge in [-0.2, -0.15) is 0 Å². The molecule has 1 unspecified atom stereocenters. The molecule has 1 atom stereocenters. The van der Waals surface area contributed by atoms with Gasteiger partial charge in [-0.15, -0.1) is 0 Å². The number of hydrogen-bond acceptors (Lipinski definition) is 1. The molecular formula is C59H44N2. The van der Waals surface area contributed by atoms with Crippen molar-refractivity contribution in [2.24, 2.45) is 0 Å². The Labute approximate surface area is 357 Å². The summed E-state index contributed by atoms with van der Waals surface area (Å²) in [7, 11) is 0. The van der Waals surface area contributed by atoms with Crippen molar-refractivity contribution in [3.05, 3.63) is 228 Å². The first kappa shape index (κ1) is 34.7. The van der Waals surface area contributed by atoms with E-state index in [0.29, 0.717) is 5.92 Å². The van der Waals surface area contributed by atoms with Crippen LogP contribution in [0.1, 0.15) is 65.8 Å². The molecular weight excluding hydrogens is 737 g/mol. The number of aromatic nitrogens is 1. The molecule has 0 radical (unpaired) electrons. The van der Waals surface area contributed by atoms with Gasteiger partial charge in [-0.25, -0.2) is 0 Å². The Morgan fingerprint density at radius 3 is 1.85 bits per heavy atom. The number of fused-ring (bicyclic) bond motifs is 12. The van der Waals surface area contributed by atoms with Crippen molar-refractivity contribution in [3.8, 4) is 27.9 Å². The Kier molecular flexibility index (Phi) is 7.63. The van der Waals surface area contributed by atoms with Gasteiger partial charge in [-0.05, 0) is 134 Å². The van der Waals surface area contributed by atoms with Gasteiger partial charge in [0.15, 0.2) is 0 Å². The lowest BCUT2D eigenvalue weighted by molar-refractivity contribution is 0.440. The molecule has 0 aliphatic heterocycles. The molecule has 13 rings (SSSR count). The minimum atomic E-state index is -0.495. The van der Waals surface area contributed by atoms with Gasteiger partial charge in [0.2, 0.25) is 0 Å². The first-order valence-corrected chi connectivity index (χ1v) is 22.1. The third-order valence-electron chi connectivity index (χ3n) is 14.3. The molecule has 1 fully saturated rings. The predicted molar refractivity (Wildman–Crippen MR) is 255 cm³/mol. The van der Waals surface area contributed by atoms with Crippen LogP contribution in [0.3, 0.4) is 0 Å². The summed E-state index contributed by atoms with van der Waals surface area (Å²) in [5.41, 5.74) is 19.1. The number of benzene rings is 9. The SMILES string of the molecule is c1ccc(N(c2ccc3c(c2)C2(c4ccccc4-3)c3ccccc3-c3cccc4ccc(C5CCCCC5)c2c34)c2ccc3c4ccccc4n(-c4ccccc4)c3c2)cc1. The fourth-order valence-electron chi connectivity index (χ4n) is 11.9. The second-order valence-electron chi connectivity index (χ2n) is 17.4. The standard InChI is InChI=1S/C59H44N2/c1-4-17-39(18-5-1)45-34-31-40-19-16-27-51-47-25-11-14-29-53(47)59(58(45)57(40)51)52-28-13-10-24-46(52)48-35-32-43(37-54(48)59)60(41-20-6-2-7-21-41)44-33-36-50-49-26-12-15-30-55(49)61(56(50)38-44)42-22-8-3-9-23-42/h2-3,6-16,19-39H,1,4-5,17-18H2. The maximum Gasteiger partial charge on any atom is 0.0729 e. The molecule has 0 saturated heterocycles. The van der Waals surface area contributed by atoms with Gasteiger partial charge in [-0.3, -0.25) is 0 Å². The van der Waals surface area contributed by atoms with Crippen molar-refractivity contribution in [2.45, 2.75) is 43.4 Å². The van der Waals surface area contributed by atoms with Crippen LogP contribution >= 0.6 is 0 Å². The first-order chi connectivity index (χ1) is 30.3. The summed E-state index contributed by atoms with van der Waals surface area (Å²) in [4.78, 5) is 2.48. The average Bonchev–Trinajstić information content (AvgIpc) is 3.81. The molecule has 2 heteroatoms. The molecule has 61 heavy (non-hydrogen) atoms. The molecule has 290 valence electrons. The summed E-state index contributed by atoms with van der Waals surface area (Å²) >= 11 is 0. The Morgan fingerprint density at radius 1 is 0.426 bits per heavy atom. The molecule has 9 aromatic carbocycles. The van der Waals surface area contributed by atoms with Gasteiger partial charge in [0, 0.05) is 33.5 Å². The maximum absolute atomic E-state index is 2.56. The van der Waals surface area contributed by atoms with E-state index < -0.39 is 5.41 Å². The highest BCUT2D eigenvalue weighted by Crippen LogP contribution is 2.64. The topological polar surface area (TPSA) is 8.17 Å². The number of para-hydroxylation sites is 3. The zero-order chi connectivity index (χ0) is 40.1. The molecule has 1 aromatic heterocycles. The van der Waals surface area contributed by atoms with Crippen molar-refractivity contribution in [3.63, 3.8) is 0 Å². The lowest BCUT2D eigenvalue weighted by Crippen LogP contribution is -2.34. The van der Waals surface area contributed by atoms with E-state index in [9.17, 15) is 0 Å². The predicted octanol–water partition coefficient (Wildman–Crippen LogP) is 15.8. The molecule has 2 nitrogen and oxygen atoms in total. The molecule has 1 saturated carbocycles. The monoisotopic (exact) mass is 780 g/mol. The summed E-state index contributed by atoms with van der Waals surface area (Å²) in [6.45, 7) is 0. The van der Waals surface area contributed by atoms with E-state index in [0.717, 1.165) is 22.7 Å². The minimum absolute atomic E-state index is 0.495. The van der Waals surface area contributed by atoms with E-state index in [1.165, 1.54) is 109 Å². The number of nitrogens with zero attached hydrogens (tertiary/aromatic N) is 2. The largest absolute Gasteiger partial charge is 0.310 e. The number of rotatable bonds is 5. The van der Waals surface area contributed by atoms with Crippen LogP contribution < -0.4 is 4.90 Å². The summed E-state index contributed by atoms with van der Waals surface area (Å²) in [6, 6.07) is 75.6. The van der Waals surface area contributed by atoms with Crippen LogP contribution in [-0.2, 0) is 5.41 Å². The lowest BCUT2D eigenvalue weighted by atomic mass is 9.59. The fraction of sp³-hybridized carbons (Fsp3) is 0.119. The molecule has 1 spiro atoms. The van der Waals surface area contributed by atoms with Gasteiger partial charge in [0.1, 0.15) is 0 Å². The van der Waals surface area contributed by atoms with Gasteiger partial charge >= 0.3 is 0 Å². The summed E-state index contributed by atoms with van der Waals surface area (Å²) in [5, 5.41) is 5.27. The normalized spacial score (nSPS) is 16.5. The Balaban J connectivity index is 1.11. The van der Waals surface area contributed by atoms with Gasteiger partial charge in [-0.1, -0.05) is 165 Å². The van der Waals surface area contributed by atoms with Crippen molar-refractivity contribution in [1.82, 2.24) is 4.57 Å². The molecule has 3 aliphatic carbocycles.